The van der Waals surface area contributed by atoms with E-state index in [4.69, 9.17) is 5.11 Å². The summed E-state index contributed by atoms with van der Waals surface area (Å²) >= 11 is 0. The van der Waals surface area contributed by atoms with Gasteiger partial charge >= 0.3 is 5.97 Å². The van der Waals surface area contributed by atoms with Gasteiger partial charge in [0.25, 0.3) is 0 Å². The lowest BCUT2D eigenvalue weighted by atomic mass is 9.98. The summed E-state index contributed by atoms with van der Waals surface area (Å²) in [4.78, 5) is 23.1. The van der Waals surface area contributed by atoms with Crippen molar-refractivity contribution >= 4 is 11.9 Å². The molecule has 1 N–H and O–H groups in total. The summed E-state index contributed by atoms with van der Waals surface area (Å²) in [5.41, 5.74) is 0. The number of carboxylic acids is 1. The van der Waals surface area contributed by atoms with Crippen LogP contribution in [0.2, 0.25) is 0 Å². The second kappa shape index (κ2) is 2.47. The molecule has 4 heteroatoms. The Balaban J connectivity index is 1.91. The average Bonchev–Trinajstić information content (AvgIpc) is 2.69. The molecule has 0 aromatic rings. The van der Waals surface area contributed by atoms with Crippen LogP contribution in [0.1, 0.15) is 25.7 Å². The molecule has 1 saturated heterocycles. The van der Waals surface area contributed by atoms with Crippen LogP contribution in [0.25, 0.3) is 0 Å². The molecule has 2 rings (SSSR count). The van der Waals surface area contributed by atoms with Gasteiger partial charge in [0, 0.05) is 12.5 Å². The topological polar surface area (TPSA) is 57.6 Å². The van der Waals surface area contributed by atoms with Crippen molar-refractivity contribution in [3.8, 4) is 0 Å². The van der Waals surface area contributed by atoms with Gasteiger partial charge < -0.3 is 10.0 Å². The number of carboxylic acid groups (broad SMARTS) is 1. The van der Waals surface area contributed by atoms with Crippen LogP contribution in [0.3, 0.4) is 0 Å². The highest BCUT2D eigenvalue weighted by Gasteiger charge is 2.45. The van der Waals surface area contributed by atoms with Gasteiger partial charge in [-0.2, -0.15) is 0 Å². The van der Waals surface area contributed by atoms with Gasteiger partial charge in [-0.1, -0.05) is 0 Å². The second-order valence-corrected chi connectivity index (χ2v) is 3.49. The zero-order chi connectivity index (χ0) is 8.72. The minimum absolute atomic E-state index is 0.0116. The molecule has 1 atom stereocenters. The number of nitrogens with zero attached hydrogens (tertiary/aromatic N) is 1. The monoisotopic (exact) mass is 169 g/mol. The number of carbonyl (C=O) groups excluding carboxylic acids is 1. The molecule has 0 bridgehead atoms. The van der Waals surface area contributed by atoms with Gasteiger partial charge in [0.1, 0.15) is 0 Å². The number of β-lactam (4-membered cyclic amide) rings is 1. The van der Waals surface area contributed by atoms with Gasteiger partial charge in [0.2, 0.25) is 5.91 Å². The van der Waals surface area contributed by atoms with Crippen molar-refractivity contribution in [2.45, 2.75) is 37.8 Å². The molecule has 66 valence electrons. The first kappa shape index (κ1) is 7.58. The first-order valence-electron chi connectivity index (χ1n) is 4.21. The fourth-order valence-corrected chi connectivity index (χ4v) is 1.72. The maximum atomic E-state index is 11.0. The highest BCUT2D eigenvalue weighted by Crippen LogP contribution is 2.36. The van der Waals surface area contributed by atoms with E-state index < -0.39 is 5.97 Å². The first-order valence-corrected chi connectivity index (χ1v) is 4.21. The number of amides is 1. The SMILES string of the molecule is O=C(O)CC1CC(=O)N1C1CC1. The fourth-order valence-electron chi connectivity index (χ4n) is 1.72. The second-order valence-electron chi connectivity index (χ2n) is 3.49. The molecule has 1 aliphatic heterocycles. The number of rotatable bonds is 3. The predicted molar refractivity (Wildman–Crippen MR) is 40.5 cm³/mol. The maximum Gasteiger partial charge on any atom is 0.305 e. The minimum atomic E-state index is -0.807. The van der Waals surface area contributed by atoms with Crippen LogP contribution in [0, 0.1) is 0 Å². The van der Waals surface area contributed by atoms with Crippen LogP contribution in [0.5, 0.6) is 0 Å². The summed E-state index contributed by atoms with van der Waals surface area (Å²) < 4.78 is 0. The molecule has 0 radical (unpaired) electrons. The number of carbonyl (C=O) groups is 2. The number of hydrogen-bond donors (Lipinski definition) is 1. The molecule has 2 aliphatic rings. The van der Waals surface area contributed by atoms with Gasteiger partial charge in [0.05, 0.1) is 12.5 Å². The lowest BCUT2D eigenvalue weighted by Crippen LogP contribution is -2.54. The summed E-state index contributed by atoms with van der Waals surface area (Å²) in [5, 5.41) is 8.52. The van der Waals surface area contributed by atoms with Gasteiger partial charge in [-0.25, -0.2) is 0 Å². The third kappa shape index (κ3) is 1.17. The van der Waals surface area contributed by atoms with Crippen LogP contribution >= 0.6 is 0 Å². The molecule has 0 aromatic heterocycles. The third-order valence-corrected chi connectivity index (χ3v) is 2.44. The normalized spacial score (nSPS) is 28.5. The van der Waals surface area contributed by atoms with E-state index in [-0.39, 0.29) is 18.4 Å². The number of hydrogen-bond acceptors (Lipinski definition) is 2. The van der Waals surface area contributed by atoms with Crippen molar-refractivity contribution < 1.29 is 14.7 Å². The zero-order valence-electron chi connectivity index (χ0n) is 6.69. The lowest BCUT2D eigenvalue weighted by molar-refractivity contribution is -0.151. The van der Waals surface area contributed by atoms with Crippen LogP contribution < -0.4 is 0 Å². The Bertz CT molecular complexity index is 234. The standard InChI is InChI=1S/C8H11NO3/c10-7-3-6(4-8(11)12)9(7)5-1-2-5/h5-6H,1-4H2,(H,11,12). The van der Waals surface area contributed by atoms with E-state index in [1.807, 2.05) is 0 Å². The summed E-state index contributed by atoms with van der Waals surface area (Å²) in [6.07, 6.45) is 2.66. The van der Waals surface area contributed by atoms with Crippen molar-refractivity contribution in [2.75, 3.05) is 0 Å². The van der Waals surface area contributed by atoms with E-state index in [0.29, 0.717) is 12.5 Å². The van der Waals surface area contributed by atoms with Gasteiger partial charge in [-0.15, -0.1) is 0 Å². The van der Waals surface area contributed by atoms with Crippen molar-refractivity contribution in [2.24, 2.45) is 0 Å². The number of likely N-dealkylation sites (tertiary alicyclic amines) is 1. The maximum absolute atomic E-state index is 11.0. The molecule has 2 fully saturated rings. The molecule has 4 nitrogen and oxygen atoms in total. The summed E-state index contributed by atoms with van der Waals surface area (Å²) in [6, 6.07) is 0.359. The van der Waals surface area contributed by atoms with E-state index in [9.17, 15) is 9.59 Å². The van der Waals surface area contributed by atoms with Crippen molar-refractivity contribution in [3.63, 3.8) is 0 Å². The molecule has 1 unspecified atom stereocenters. The predicted octanol–water partition coefficient (Wildman–Crippen LogP) is 0.224. The Morgan fingerprint density at radius 1 is 1.58 bits per heavy atom. The Hall–Kier alpha value is -1.06. The smallest absolute Gasteiger partial charge is 0.305 e. The van der Waals surface area contributed by atoms with E-state index >= 15 is 0 Å². The zero-order valence-corrected chi connectivity index (χ0v) is 6.69. The highest BCUT2D eigenvalue weighted by atomic mass is 16.4. The molecule has 1 heterocycles. The molecular formula is C8H11NO3. The summed E-state index contributed by atoms with van der Waals surface area (Å²) in [7, 11) is 0. The Labute approximate surface area is 70.2 Å². The van der Waals surface area contributed by atoms with E-state index in [2.05, 4.69) is 0 Å². The van der Waals surface area contributed by atoms with E-state index in [0.717, 1.165) is 12.8 Å². The fraction of sp³-hybridized carbons (Fsp3) is 0.750. The minimum Gasteiger partial charge on any atom is -0.481 e. The van der Waals surface area contributed by atoms with Crippen LogP contribution in [-0.2, 0) is 9.59 Å². The van der Waals surface area contributed by atoms with E-state index in [1.165, 1.54) is 0 Å². The summed E-state index contributed by atoms with van der Waals surface area (Å²) in [5.74, 6) is -0.679. The first-order chi connectivity index (χ1) is 5.68. The quantitative estimate of drug-likeness (QED) is 0.615. The summed E-state index contributed by atoms with van der Waals surface area (Å²) in [6.45, 7) is 0. The van der Waals surface area contributed by atoms with Crippen LogP contribution in [-0.4, -0.2) is 34.0 Å². The van der Waals surface area contributed by atoms with Gasteiger partial charge in [-0.3, -0.25) is 9.59 Å². The Morgan fingerprint density at radius 3 is 2.67 bits per heavy atom. The van der Waals surface area contributed by atoms with Crippen molar-refractivity contribution in [3.05, 3.63) is 0 Å². The molecule has 1 amide bonds. The van der Waals surface area contributed by atoms with Crippen LogP contribution in [0.15, 0.2) is 0 Å². The van der Waals surface area contributed by atoms with E-state index in [1.54, 1.807) is 4.90 Å². The van der Waals surface area contributed by atoms with Crippen molar-refractivity contribution in [1.82, 2.24) is 4.90 Å². The van der Waals surface area contributed by atoms with Crippen molar-refractivity contribution in [1.29, 1.82) is 0 Å². The third-order valence-electron chi connectivity index (χ3n) is 2.44. The van der Waals surface area contributed by atoms with Crippen LogP contribution in [0.4, 0.5) is 0 Å². The molecule has 0 aromatic carbocycles. The molecule has 1 saturated carbocycles. The molecule has 1 aliphatic carbocycles. The molecular weight excluding hydrogens is 158 g/mol. The Kier molecular flexibility index (Phi) is 1.56. The largest absolute Gasteiger partial charge is 0.481 e. The Morgan fingerprint density at radius 2 is 2.25 bits per heavy atom. The van der Waals surface area contributed by atoms with Gasteiger partial charge in [0.15, 0.2) is 0 Å². The number of aliphatic carboxylic acids is 1. The highest BCUT2D eigenvalue weighted by molar-refractivity contribution is 5.85. The lowest BCUT2D eigenvalue weighted by Gasteiger charge is -2.40. The molecule has 12 heavy (non-hydrogen) atoms. The van der Waals surface area contributed by atoms with Gasteiger partial charge in [-0.05, 0) is 12.8 Å². The molecule has 0 spiro atoms. The average molecular weight is 169 g/mol.